The minimum absolute atomic E-state index is 0.00436. The van der Waals surface area contributed by atoms with E-state index in [0.717, 1.165) is 24.4 Å². The number of likely N-dealkylation sites (tertiary alicyclic amines) is 1. The Morgan fingerprint density at radius 2 is 2.08 bits per heavy atom. The molecule has 2 heterocycles. The lowest BCUT2D eigenvalue weighted by molar-refractivity contribution is 0.0803. The number of halogens is 1. The molecule has 1 saturated heterocycles. The first-order chi connectivity index (χ1) is 12.2. The van der Waals surface area contributed by atoms with Gasteiger partial charge in [-0.25, -0.2) is 0 Å². The number of para-hydroxylation sites is 1. The first kappa shape index (κ1) is 16.2. The molecule has 0 spiro atoms. The van der Waals surface area contributed by atoms with Crippen molar-refractivity contribution in [2.45, 2.75) is 19.0 Å². The van der Waals surface area contributed by atoms with Gasteiger partial charge in [-0.2, -0.15) is 0 Å². The highest BCUT2D eigenvalue weighted by Gasteiger charge is 2.29. The van der Waals surface area contributed by atoms with E-state index in [1.807, 2.05) is 12.1 Å². The number of hydrogen-bond donors (Lipinski definition) is 1. The molecule has 0 amide bonds. The lowest BCUT2D eigenvalue weighted by Gasteiger charge is -2.41. The number of nitrogens with one attached hydrogen (secondary N) is 1. The fourth-order valence-corrected chi connectivity index (χ4v) is 3.67. The molecule has 1 N–H and O–H groups in total. The number of aromatic amines is 1. The Kier molecular flexibility index (Phi) is 4.24. The Labute approximate surface area is 151 Å². The molecular formula is C20H19ClN2O2. The average molecular weight is 355 g/mol. The number of benzene rings is 2. The third-order valence-electron chi connectivity index (χ3n) is 4.85. The van der Waals surface area contributed by atoms with Gasteiger partial charge in [-0.3, -0.25) is 9.69 Å². The zero-order chi connectivity index (χ0) is 17.4. The van der Waals surface area contributed by atoms with Gasteiger partial charge in [0.15, 0.2) is 5.43 Å². The summed E-state index contributed by atoms with van der Waals surface area (Å²) in [6.45, 7) is 1.70. The molecule has 1 aliphatic rings. The molecule has 1 atom stereocenters. The maximum absolute atomic E-state index is 12.4. The molecule has 2 aromatic carbocycles. The van der Waals surface area contributed by atoms with Crippen molar-refractivity contribution in [3.8, 4) is 5.75 Å². The van der Waals surface area contributed by atoms with Crippen LogP contribution in [0.15, 0.2) is 53.3 Å². The van der Waals surface area contributed by atoms with Crippen LogP contribution in [0.25, 0.3) is 10.9 Å². The Morgan fingerprint density at radius 1 is 1.24 bits per heavy atom. The number of methoxy groups -OCH3 is 1. The van der Waals surface area contributed by atoms with E-state index >= 15 is 0 Å². The van der Waals surface area contributed by atoms with Crippen LogP contribution in [0.3, 0.4) is 0 Å². The lowest BCUT2D eigenvalue weighted by atomic mass is 9.94. The maximum atomic E-state index is 12.4. The van der Waals surface area contributed by atoms with Crippen LogP contribution >= 0.6 is 11.6 Å². The molecule has 4 nitrogen and oxygen atoms in total. The van der Waals surface area contributed by atoms with E-state index in [9.17, 15) is 4.79 Å². The Bertz CT molecular complexity index is 983. The van der Waals surface area contributed by atoms with Gasteiger partial charge in [0, 0.05) is 36.3 Å². The van der Waals surface area contributed by atoms with Crippen LogP contribution in [0.5, 0.6) is 5.75 Å². The second kappa shape index (κ2) is 6.54. The highest BCUT2D eigenvalue weighted by atomic mass is 35.5. The topological polar surface area (TPSA) is 45.3 Å². The summed E-state index contributed by atoms with van der Waals surface area (Å²) < 4.78 is 5.32. The van der Waals surface area contributed by atoms with Gasteiger partial charge in [-0.05, 0) is 36.2 Å². The summed E-state index contributed by atoms with van der Waals surface area (Å²) >= 11 is 6.25. The molecule has 128 valence electrons. The van der Waals surface area contributed by atoms with Gasteiger partial charge in [0.25, 0.3) is 0 Å². The molecule has 1 unspecified atom stereocenters. The van der Waals surface area contributed by atoms with Crippen LogP contribution in [0.4, 0.5) is 0 Å². The van der Waals surface area contributed by atoms with Crippen molar-refractivity contribution in [2.75, 3.05) is 13.7 Å². The van der Waals surface area contributed by atoms with E-state index in [-0.39, 0.29) is 5.43 Å². The summed E-state index contributed by atoms with van der Waals surface area (Å²) in [5.41, 5.74) is 2.85. The first-order valence-electron chi connectivity index (χ1n) is 8.34. The summed E-state index contributed by atoms with van der Waals surface area (Å²) in [4.78, 5) is 18.0. The monoisotopic (exact) mass is 354 g/mol. The summed E-state index contributed by atoms with van der Waals surface area (Å²) in [6.07, 6.45) is 1.10. The van der Waals surface area contributed by atoms with Gasteiger partial charge >= 0.3 is 0 Å². The number of nitrogens with zero attached hydrogens (tertiary/aromatic N) is 1. The summed E-state index contributed by atoms with van der Waals surface area (Å²) in [5.74, 6) is 0.871. The first-order valence-corrected chi connectivity index (χ1v) is 8.72. The van der Waals surface area contributed by atoms with Crippen LogP contribution in [-0.4, -0.2) is 23.5 Å². The molecule has 0 bridgehead atoms. The van der Waals surface area contributed by atoms with Crippen molar-refractivity contribution in [2.24, 2.45) is 0 Å². The van der Waals surface area contributed by atoms with Crippen LogP contribution in [0.1, 0.15) is 23.7 Å². The quantitative estimate of drug-likeness (QED) is 0.766. The number of fused-ring (bicyclic) bond motifs is 1. The molecule has 1 aliphatic heterocycles. The molecule has 4 rings (SSSR count). The van der Waals surface area contributed by atoms with Gasteiger partial charge in [0.2, 0.25) is 0 Å². The number of pyridine rings is 1. The second-order valence-electron chi connectivity index (χ2n) is 6.37. The molecule has 25 heavy (non-hydrogen) atoms. The summed E-state index contributed by atoms with van der Waals surface area (Å²) in [6, 6.07) is 15.6. The molecule has 1 aromatic heterocycles. The highest BCUT2D eigenvalue weighted by Crippen LogP contribution is 2.35. The third kappa shape index (κ3) is 3.03. The van der Waals surface area contributed by atoms with Gasteiger partial charge in [0.1, 0.15) is 5.75 Å². The minimum atomic E-state index is 0.00436. The van der Waals surface area contributed by atoms with Gasteiger partial charge < -0.3 is 9.72 Å². The molecule has 0 aliphatic carbocycles. The Hall–Kier alpha value is -2.30. The maximum Gasteiger partial charge on any atom is 0.189 e. The zero-order valence-electron chi connectivity index (χ0n) is 14.0. The summed E-state index contributed by atoms with van der Waals surface area (Å²) in [5, 5.41) is 1.20. The highest BCUT2D eigenvalue weighted by molar-refractivity contribution is 6.35. The normalized spacial score (nSPS) is 17.4. The largest absolute Gasteiger partial charge is 0.497 e. The van der Waals surface area contributed by atoms with Crippen LogP contribution < -0.4 is 10.2 Å². The van der Waals surface area contributed by atoms with Crippen LogP contribution in [-0.2, 0) is 6.54 Å². The number of aromatic nitrogens is 1. The SMILES string of the molecule is COc1cccc(C2CCN2Cc2cc(=O)c3cccc(Cl)c3[nH]2)c1. The number of hydrogen-bond acceptors (Lipinski definition) is 3. The van der Waals surface area contributed by atoms with Crippen molar-refractivity contribution < 1.29 is 4.74 Å². The predicted octanol–water partition coefficient (Wildman–Crippen LogP) is 4.14. The average Bonchev–Trinajstić information content (AvgIpc) is 2.60. The third-order valence-corrected chi connectivity index (χ3v) is 5.17. The molecule has 0 radical (unpaired) electrons. The zero-order valence-corrected chi connectivity index (χ0v) is 14.7. The molecule has 0 saturated carbocycles. The standard InChI is InChI=1S/C20H19ClN2O2/c1-25-15-5-2-4-13(10-15)18-8-9-23(18)12-14-11-19(24)16-6-3-7-17(21)20(16)22-14/h2-7,10-11,18H,8-9,12H2,1H3,(H,22,24). The van der Waals surface area contributed by atoms with Crippen molar-refractivity contribution >= 4 is 22.5 Å². The lowest BCUT2D eigenvalue weighted by Crippen LogP contribution is -2.40. The fraction of sp³-hybridized carbons (Fsp3) is 0.250. The van der Waals surface area contributed by atoms with Gasteiger partial charge in [0.05, 0.1) is 17.6 Å². The second-order valence-corrected chi connectivity index (χ2v) is 6.78. The van der Waals surface area contributed by atoms with Crippen molar-refractivity contribution in [1.29, 1.82) is 0 Å². The van der Waals surface area contributed by atoms with Gasteiger partial charge in [-0.15, -0.1) is 0 Å². The Balaban J connectivity index is 1.61. The number of ether oxygens (including phenoxy) is 1. The van der Waals surface area contributed by atoms with Crippen molar-refractivity contribution in [3.63, 3.8) is 0 Å². The Morgan fingerprint density at radius 3 is 2.84 bits per heavy atom. The van der Waals surface area contributed by atoms with Gasteiger partial charge in [-0.1, -0.05) is 29.8 Å². The predicted molar refractivity (Wildman–Crippen MR) is 100 cm³/mol. The molecular weight excluding hydrogens is 336 g/mol. The van der Waals surface area contributed by atoms with E-state index in [1.54, 1.807) is 31.4 Å². The summed E-state index contributed by atoms with van der Waals surface area (Å²) in [7, 11) is 1.68. The van der Waals surface area contributed by atoms with E-state index in [2.05, 4.69) is 22.0 Å². The molecule has 1 fully saturated rings. The van der Waals surface area contributed by atoms with E-state index < -0.39 is 0 Å². The molecule has 5 heteroatoms. The molecule has 3 aromatic rings. The van der Waals surface area contributed by atoms with E-state index in [1.165, 1.54) is 5.56 Å². The van der Waals surface area contributed by atoms with Crippen molar-refractivity contribution in [3.05, 3.63) is 75.0 Å². The van der Waals surface area contributed by atoms with Crippen LogP contribution in [0, 0.1) is 0 Å². The number of H-pyrrole nitrogens is 1. The van der Waals surface area contributed by atoms with E-state index in [0.29, 0.717) is 28.5 Å². The van der Waals surface area contributed by atoms with E-state index in [4.69, 9.17) is 16.3 Å². The van der Waals surface area contributed by atoms with Crippen molar-refractivity contribution in [1.82, 2.24) is 9.88 Å². The fourth-order valence-electron chi connectivity index (χ4n) is 3.45. The van der Waals surface area contributed by atoms with Crippen LogP contribution in [0.2, 0.25) is 5.02 Å². The number of rotatable bonds is 4. The smallest absolute Gasteiger partial charge is 0.189 e. The minimum Gasteiger partial charge on any atom is -0.497 e.